The largest absolute Gasteiger partial charge is 0.463 e. The molecule has 1 aliphatic rings. The highest BCUT2D eigenvalue weighted by atomic mass is 35.5. The molecule has 1 aromatic heterocycles. The normalized spacial score (nSPS) is 15.5. The van der Waals surface area contributed by atoms with Crippen molar-refractivity contribution in [1.82, 2.24) is 4.57 Å². The van der Waals surface area contributed by atoms with E-state index >= 15 is 0 Å². The molecule has 7 nitrogen and oxygen atoms in total. The van der Waals surface area contributed by atoms with Gasteiger partial charge in [-0.05, 0) is 55.3 Å². The molecule has 180 valence electrons. The first kappa shape index (κ1) is 24.9. The van der Waals surface area contributed by atoms with Gasteiger partial charge in [0.15, 0.2) is 4.80 Å². The zero-order valence-electron chi connectivity index (χ0n) is 19.0. The van der Waals surface area contributed by atoms with E-state index in [1.807, 2.05) is 0 Å². The summed E-state index contributed by atoms with van der Waals surface area (Å²) in [7, 11) is 0. The van der Waals surface area contributed by atoms with Gasteiger partial charge in [0.05, 0.1) is 38.5 Å². The first-order valence-electron chi connectivity index (χ1n) is 10.6. The van der Waals surface area contributed by atoms with E-state index < -0.39 is 18.0 Å². The quantitative estimate of drug-likeness (QED) is 0.367. The number of rotatable bonds is 5. The summed E-state index contributed by atoms with van der Waals surface area (Å²) in [6.45, 7) is 4.91. The molecule has 2 heterocycles. The maximum absolute atomic E-state index is 13.6. The molecule has 0 amide bonds. The summed E-state index contributed by atoms with van der Waals surface area (Å²) in [6.07, 6.45) is 1.70. The predicted octanol–water partition coefficient (Wildman–Crippen LogP) is 4.03. The van der Waals surface area contributed by atoms with Crippen LogP contribution in [0, 0.1) is 0 Å². The summed E-state index contributed by atoms with van der Waals surface area (Å²) < 4.78 is 12.3. The van der Waals surface area contributed by atoms with Crippen molar-refractivity contribution in [3.63, 3.8) is 0 Å². The van der Waals surface area contributed by atoms with Crippen molar-refractivity contribution in [1.29, 1.82) is 0 Å². The van der Waals surface area contributed by atoms with Gasteiger partial charge in [0, 0.05) is 6.92 Å². The molecule has 1 atom stereocenters. The van der Waals surface area contributed by atoms with Crippen LogP contribution < -0.4 is 19.6 Å². The van der Waals surface area contributed by atoms with Gasteiger partial charge in [-0.3, -0.25) is 14.2 Å². The van der Waals surface area contributed by atoms with E-state index in [2.05, 4.69) is 4.99 Å². The number of benzene rings is 2. The number of carbonyl (C=O) groups is 2. The SMILES string of the molecule is CCOC(=O)C1=C(C)N=c2s/c(=C/c3ccc(Cl)c(Cl)c3)c(=O)n2[C@H]1c1ccc(OC(C)=O)cc1. The monoisotopic (exact) mass is 530 g/mol. The highest BCUT2D eigenvalue weighted by molar-refractivity contribution is 7.07. The lowest BCUT2D eigenvalue weighted by Crippen LogP contribution is -2.39. The number of carbonyl (C=O) groups excluding carboxylic acids is 2. The second-order valence-corrected chi connectivity index (χ2v) is 9.46. The number of aromatic nitrogens is 1. The van der Waals surface area contributed by atoms with Crippen LogP contribution in [0.25, 0.3) is 6.08 Å². The zero-order chi connectivity index (χ0) is 25.3. The molecule has 0 spiro atoms. The lowest BCUT2D eigenvalue weighted by atomic mass is 9.96. The third-order valence-electron chi connectivity index (χ3n) is 5.22. The number of fused-ring (bicyclic) bond motifs is 1. The van der Waals surface area contributed by atoms with E-state index in [0.29, 0.717) is 42.0 Å². The molecular formula is C25H20Cl2N2O5S. The standard InChI is InChI=1S/C25H20Cl2N2O5S/c1-4-33-24(32)21-13(2)28-25-29(22(21)16-6-8-17(9-7-16)34-14(3)30)23(31)20(35-25)12-15-5-10-18(26)19(27)11-15/h5-12,22H,4H2,1-3H3/b20-12+/t22-/m0/s1. The van der Waals surface area contributed by atoms with Crippen molar-refractivity contribution in [2.75, 3.05) is 6.61 Å². The fourth-order valence-electron chi connectivity index (χ4n) is 3.74. The minimum atomic E-state index is -0.771. The lowest BCUT2D eigenvalue weighted by molar-refractivity contribution is -0.139. The Kier molecular flexibility index (Phi) is 7.25. The highest BCUT2D eigenvalue weighted by Crippen LogP contribution is 2.31. The van der Waals surface area contributed by atoms with Crippen LogP contribution in [-0.2, 0) is 14.3 Å². The van der Waals surface area contributed by atoms with Gasteiger partial charge in [-0.15, -0.1) is 0 Å². The maximum Gasteiger partial charge on any atom is 0.338 e. The van der Waals surface area contributed by atoms with Gasteiger partial charge in [0.25, 0.3) is 5.56 Å². The summed E-state index contributed by atoms with van der Waals surface area (Å²) in [5.41, 5.74) is 1.75. The second-order valence-electron chi connectivity index (χ2n) is 7.64. The number of hydrogen-bond donors (Lipinski definition) is 0. The molecule has 4 rings (SSSR count). The van der Waals surface area contributed by atoms with Gasteiger partial charge in [0.2, 0.25) is 0 Å². The highest BCUT2D eigenvalue weighted by Gasteiger charge is 2.33. The third-order valence-corrected chi connectivity index (χ3v) is 6.94. The molecule has 0 N–H and O–H groups in total. The van der Waals surface area contributed by atoms with Crippen LogP contribution in [-0.4, -0.2) is 23.1 Å². The van der Waals surface area contributed by atoms with Gasteiger partial charge in [-0.25, -0.2) is 9.79 Å². The van der Waals surface area contributed by atoms with Crippen molar-refractivity contribution in [3.8, 4) is 5.75 Å². The molecule has 1 aliphatic heterocycles. The Morgan fingerprint density at radius 2 is 1.86 bits per heavy atom. The summed E-state index contributed by atoms with van der Waals surface area (Å²) in [4.78, 5) is 42.8. The van der Waals surface area contributed by atoms with Crippen LogP contribution in [0.15, 0.2) is 63.5 Å². The first-order valence-corrected chi connectivity index (χ1v) is 12.2. The Morgan fingerprint density at radius 1 is 1.14 bits per heavy atom. The molecule has 0 radical (unpaired) electrons. The van der Waals surface area contributed by atoms with Gasteiger partial charge in [-0.2, -0.15) is 0 Å². The topological polar surface area (TPSA) is 87.0 Å². The van der Waals surface area contributed by atoms with E-state index in [1.165, 1.54) is 22.8 Å². The molecular weight excluding hydrogens is 511 g/mol. The number of thiazole rings is 1. The number of halogens is 2. The minimum absolute atomic E-state index is 0.176. The summed E-state index contributed by atoms with van der Waals surface area (Å²) in [5, 5.41) is 0.788. The van der Waals surface area contributed by atoms with Crippen molar-refractivity contribution >= 4 is 52.6 Å². The van der Waals surface area contributed by atoms with Gasteiger partial charge in [-0.1, -0.05) is 52.7 Å². The van der Waals surface area contributed by atoms with Crippen molar-refractivity contribution < 1.29 is 19.1 Å². The molecule has 10 heteroatoms. The van der Waals surface area contributed by atoms with Crippen LogP contribution in [0.5, 0.6) is 5.75 Å². The van der Waals surface area contributed by atoms with Crippen molar-refractivity contribution in [2.24, 2.45) is 4.99 Å². The molecule has 0 fully saturated rings. The van der Waals surface area contributed by atoms with Gasteiger partial charge < -0.3 is 9.47 Å². The predicted molar refractivity (Wildman–Crippen MR) is 135 cm³/mol. The molecule has 0 bridgehead atoms. The van der Waals surface area contributed by atoms with E-state index in [1.54, 1.807) is 62.4 Å². The smallest absolute Gasteiger partial charge is 0.338 e. The molecule has 0 saturated carbocycles. The molecule has 2 aromatic carbocycles. The number of allylic oxidation sites excluding steroid dienone is 1. The fourth-order valence-corrected chi connectivity index (χ4v) is 5.10. The van der Waals surface area contributed by atoms with E-state index in [4.69, 9.17) is 32.7 Å². The van der Waals surface area contributed by atoms with Crippen LogP contribution in [0.2, 0.25) is 10.0 Å². The molecule has 0 unspecified atom stereocenters. The average Bonchev–Trinajstić information content (AvgIpc) is 3.10. The minimum Gasteiger partial charge on any atom is -0.463 e. The Labute approximate surface area is 214 Å². The van der Waals surface area contributed by atoms with E-state index in [0.717, 1.165) is 0 Å². The molecule has 35 heavy (non-hydrogen) atoms. The van der Waals surface area contributed by atoms with Crippen LogP contribution in [0.1, 0.15) is 37.9 Å². The fraction of sp³-hybridized carbons (Fsp3) is 0.200. The van der Waals surface area contributed by atoms with E-state index in [-0.39, 0.29) is 17.7 Å². The molecule has 0 saturated heterocycles. The van der Waals surface area contributed by atoms with Crippen molar-refractivity contribution in [3.05, 3.63) is 94.6 Å². The summed E-state index contributed by atoms with van der Waals surface area (Å²) in [6, 6.07) is 10.9. The Hall–Kier alpha value is -3.20. The van der Waals surface area contributed by atoms with Gasteiger partial charge >= 0.3 is 11.9 Å². The Morgan fingerprint density at radius 3 is 2.49 bits per heavy atom. The number of ether oxygens (including phenoxy) is 2. The van der Waals surface area contributed by atoms with Crippen LogP contribution >= 0.6 is 34.5 Å². The number of esters is 2. The maximum atomic E-state index is 13.6. The lowest BCUT2D eigenvalue weighted by Gasteiger charge is -2.24. The molecule has 3 aromatic rings. The average molecular weight is 531 g/mol. The van der Waals surface area contributed by atoms with Gasteiger partial charge in [0.1, 0.15) is 5.75 Å². The number of nitrogens with zero attached hydrogens (tertiary/aromatic N) is 2. The third kappa shape index (κ3) is 5.10. The van der Waals surface area contributed by atoms with E-state index in [9.17, 15) is 14.4 Å². The second kappa shape index (κ2) is 10.2. The Bertz CT molecular complexity index is 1540. The van der Waals surface area contributed by atoms with Crippen molar-refractivity contribution in [2.45, 2.75) is 26.8 Å². The van der Waals surface area contributed by atoms with Crippen LogP contribution in [0.4, 0.5) is 0 Å². The summed E-state index contributed by atoms with van der Waals surface area (Å²) >= 11 is 13.3. The number of hydrogen-bond acceptors (Lipinski definition) is 7. The summed E-state index contributed by atoms with van der Waals surface area (Å²) in [5.74, 6) is -0.649. The van der Waals surface area contributed by atoms with Crippen LogP contribution in [0.3, 0.4) is 0 Å². The Balaban J connectivity index is 1.90. The zero-order valence-corrected chi connectivity index (χ0v) is 21.3. The first-order chi connectivity index (χ1) is 16.7. The molecule has 0 aliphatic carbocycles.